The summed E-state index contributed by atoms with van der Waals surface area (Å²) in [5.41, 5.74) is 1.16. The molecule has 0 saturated carbocycles. The van der Waals surface area contributed by atoms with Gasteiger partial charge in [0.1, 0.15) is 5.75 Å². The maximum Gasteiger partial charge on any atom is 0.233 e. The average Bonchev–Trinajstić information content (AvgIpc) is 3.02. The fourth-order valence-electron chi connectivity index (χ4n) is 1.95. The first-order valence-corrected chi connectivity index (χ1v) is 9.46. The molecule has 0 aliphatic heterocycles. The fraction of sp³-hybridized carbons (Fsp3) is 0.438. The molecule has 0 spiro atoms. The van der Waals surface area contributed by atoms with Crippen LogP contribution in [-0.2, 0) is 11.2 Å². The minimum absolute atomic E-state index is 0.00807. The molecule has 2 rings (SSSR count). The summed E-state index contributed by atoms with van der Waals surface area (Å²) in [6.45, 7) is 5.30. The van der Waals surface area contributed by atoms with Gasteiger partial charge in [-0.15, -0.1) is 10.2 Å². The monoisotopic (exact) mass is 366 g/mol. The van der Waals surface area contributed by atoms with E-state index >= 15 is 0 Å². The van der Waals surface area contributed by atoms with Crippen LogP contribution in [0.3, 0.4) is 0 Å². The van der Waals surface area contributed by atoms with Crippen LogP contribution in [-0.4, -0.2) is 41.6 Å². The molecule has 0 fully saturated rings. The predicted octanol–water partition coefficient (Wildman–Crippen LogP) is 2.82. The van der Waals surface area contributed by atoms with Crippen molar-refractivity contribution in [3.63, 3.8) is 0 Å². The second kappa shape index (κ2) is 9.48. The van der Waals surface area contributed by atoms with Gasteiger partial charge in [0.15, 0.2) is 4.34 Å². The van der Waals surface area contributed by atoms with Gasteiger partial charge in [0.05, 0.1) is 12.4 Å². The third-order valence-electron chi connectivity index (χ3n) is 3.25. The summed E-state index contributed by atoms with van der Waals surface area (Å²) >= 11 is 2.89. The zero-order chi connectivity index (χ0) is 17.4. The Labute approximate surface area is 150 Å². The van der Waals surface area contributed by atoms with Gasteiger partial charge in [0.2, 0.25) is 11.0 Å². The number of carbonyl (C=O) groups excluding carboxylic acids is 1. The molecule has 0 unspecified atom stereocenters. The number of aromatic nitrogens is 2. The van der Waals surface area contributed by atoms with E-state index in [1.165, 1.54) is 23.1 Å². The molecule has 1 heterocycles. The number of carbonyl (C=O) groups is 1. The minimum atomic E-state index is -0.205. The highest BCUT2D eigenvalue weighted by Crippen LogP contribution is 2.28. The Bertz CT molecular complexity index is 646. The number of benzene rings is 1. The van der Waals surface area contributed by atoms with E-state index in [-0.39, 0.29) is 11.2 Å². The van der Waals surface area contributed by atoms with Gasteiger partial charge >= 0.3 is 0 Å². The van der Waals surface area contributed by atoms with E-state index in [4.69, 9.17) is 4.74 Å². The van der Waals surface area contributed by atoms with Gasteiger partial charge in [-0.1, -0.05) is 35.2 Å². The van der Waals surface area contributed by atoms with Gasteiger partial charge in [-0.2, -0.15) is 0 Å². The number of amides is 1. The zero-order valence-electron chi connectivity index (χ0n) is 14.0. The van der Waals surface area contributed by atoms with Crippen molar-refractivity contribution in [2.24, 2.45) is 0 Å². The molecule has 24 heavy (non-hydrogen) atoms. The van der Waals surface area contributed by atoms with Gasteiger partial charge in [-0.05, 0) is 38.0 Å². The van der Waals surface area contributed by atoms with E-state index in [9.17, 15) is 4.79 Å². The number of methoxy groups -OCH3 is 1. The summed E-state index contributed by atoms with van der Waals surface area (Å²) in [4.78, 5) is 12.2. The summed E-state index contributed by atoms with van der Waals surface area (Å²) in [5.74, 6) is 0.843. The van der Waals surface area contributed by atoms with E-state index in [2.05, 4.69) is 20.8 Å². The third-order valence-corrected chi connectivity index (χ3v) is 5.32. The van der Waals surface area contributed by atoms with Crippen molar-refractivity contribution in [2.45, 2.75) is 29.9 Å². The molecule has 0 radical (unpaired) electrons. The van der Waals surface area contributed by atoms with Crippen molar-refractivity contribution in [1.29, 1.82) is 0 Å². The summed E-state index contributed by atoms with van der Waals surface area (Å²) in [6.07, 6.45) is 0.788. The Morgan fingerprint density at radius 2 is 2.08 bits per heavy atom. The van der Waals surface area contributed by atoms with Crippen LogP contribution in [0.1, 0.15) is 19.4 Å². The predicted molar refractivity (Wildman–Crippen MR) is 99.1 cm³/mol. The van der Waals surface area contributed by atoms with Crippen molar-refractivity contribution in [1.82, 2.24) is 15.5 Å². The van der Waals surface area contributed by atoms with Gasteiger partial charge < -0.3 is 15.4 Å². The van der Waals surface area contributed by atoms with E-state index in [1.807, 2.05) is 38.1 Å². The summed E-state index contributed by atoms with van der Waals surface area (Å²) in [7, 11) is 1.65. The van der Waals surface area contributed by atoms with Crippen LogP contribution >= 0.6 is 23.1 Å². The second-order valence-electron chi connectivity index (χ2n) is 5.05. The van der Waals surface area contributed by atoms with Crippen LogP contribution in [0.15, 0.2) is 28.6 Å². The Kier molecular flexibility index (Phi) is 7.33. The van der Waals surface area contributed by atoms with Crippen molar-refractivity contribution in [3.05, 3.63) is 29.8 Å². The smallest absolute Gasteiger partial charge is 0.233 e. The molecular formula is C16H22N4O2S2. The number of hydrogen-bond acceptors (Lipinski definition) is 7. The number of anilines is 1. The van der Waals surface area contributed by atoms with Crippen LogP contribution < -0.4 is 15.4 Å². The topological polar surface area (TPSA) is 76.1 Å². The molecule has 1 atom stereocenters. The fourth-order valence-corrected chi connectivity index (χ4v) is 3.94. The zero-order valence-corrected chi connectivity index (χ0v) is 15.7. The van der Waals surface area contributed by atoms with E-state index in [1.54, 1.807) is 7.11 Å². The van der Waals surface area contributed by atoms with E-state index < -0.39 is 0 Å². The average molecular weight is 367 g/mol. The van der Waals surface area contributed by atoms with Crippen LogP contribution in [0, 0.1) is 0 Å². The third kappa shape index (κ3) is 5.68. The normalized spacial score (nSPS) is 11.8. The first-order chi connectivity index (χ1) is 11.6. The number of ether oxygens (including phenoxy) is 1. The van der Waals surface area contributed by atoms with Crippen LogP contribution in [0.4, 0.5) is 5.13 Å². The lowest BCUT2D eigenvalue weighted by molar-refractivity contribution is -0.120. The van der Waals surface area contributed by atoms with Crippen LogP contribution in [0.5, 0.6) is 5.75 Å². The molecule has 8 heteroatoms. The molecule has 6 nitrogen and oxygen atoms in total. The van der Waals surface area contributed by atoms with Gasteiger partial charge in [0.25, 0.3) is 0 Å². The minimum Gasteiger partial charge on any atom is -0.497 e. The highest BCUT2D eigenvalue weighted by Gasteiger charge is 2.16. The molecule has 2 N–H and O–H groups in total. The molecule has 2 aromatic rings. The Hall–Kier alpha value is -1.80. The second-order valence-corrected chi connectivity index (χ2v) is 7.62. The Morgan fingerprint density at radius 3 is 2.75 bits per heavy atom. The van der Waals surface area contributed by atoms with Crippen LogP contribution in [0.25, 0.3) is 0 Å². The van der Waals surface area contributed by atoms with E-state index in [0.717, 1.165) is 33.7 Å². The highest BCUT2D eigenvalue weighted by molar-refractivity contribution is 8.02. The van der Waals surface area contributed by atoms with Crippen molar-refractivity contribution < 1.29 is 9.53 Å². The van der Waals surface area contributed by atoms with Crippen molar-refractivity contribution in [3.8, 4) is 5.75 Å². The van der Waals surface area contributed by atoms with Crippen molar-refractivity contribution in [2.75, 3.05) is 25.5 Å². The number of rotatable bonds is 9. The molecule has 0 saturated heterocycles. The van der Waals surface area contributed by atoms with Gasteiger partial charge in [-0.3, -0.25) is 4.79 Å². The maximum absolute atomic E-state index is 12.2. The summed E-state index contributed by atoms with van der Waals surface area (Å²) in [5, 5.41) is 14.8. The van der Waals surface area contributed by atoms with Crippen LogP contribution in [0.2, 0.25) is 0 Å². The standard InChI is InChI=1S/C16H22N4O2S2/c1-4-17-15-19-20-16(24-15)23-11(2)14(21)18-10-9-12-5-7-13(22-3)8-6-12/h5-8,11H,4,9-10H2,1-3H3,(H,17,19)(H,18,21)/t11-/m0/s1. The molecule has 0 bridgehead atoms. The molecule has 1 aromatic heterocycles. The maximum atomic E-state index is 12.2. The van der Waals surface area contributed by atoms with E-state index in [0.29, 0.717) is 6.54 Å². The quantitative estimate of drug-likeness (QED) is 0.665. The molecule has 1 amide bonds. The first kappa shape index (κ1) is 18.5. The summed E-state index contributed by atoms with van der Waals surface area (Å²) < 4.78 is 5.93. The van der Waals surface area contributed by atoms with Crippen molar-refractivity contribution >= 4 is 34.1 Å². The molecule has 1 aromatic carbocycles. The Balaban J connectivity index is 1.74. The SMILES string of the molecule is CCNc1nnc(S[C@@H](C)C(=O)NCCc2ccc(OC)cc2)s1. The number of hydrogen-bond donors (Lipinski definition) is 2. The number of nitrogens with one attached hydrogen (secondary N) is 2. The lowest BCUT2D eigenvalue weighted by Gasteiger charge is -2.10. The highest BCUT2D eigenvalue weighted by atomic mass is 32.2. The first-order valence-electron chi connectivity index (χ1n) is 7.77. The summed E-state index contributed by atoms with van der Waals surface area (Å²) in [6, 6.07) is 7.86. The Morgan fingerprint density at radius 1 is 1.33 bits per heavy atom. The number of nitrogens with zero attached hydrogens (tertiary/aromatic N) is 2. The number of thioether (sulfide) groups is 1. The lowest BCUT2D eigenvalue weighted by Crippen LogP contribution is -2.32. The van der Waals surface area contributed by atoms with Gasteiger partial charge in [0, 0.05) is 13.1 Å². The molecular weight excluding hydrogens is 344 g/mol. The largest absolute Gasteiger partial charge is 0.497 e. The lowest BCUT2D eigenvalue weighted by atomic mass is 10.1. The molecule has 0 aliphatic rings. The molecule has 0 aliphatic carbocycles. The van der Waals surface area contributed by atoms with Gasteiger partial charge in [-0.25, -0.2) is 0 Å². The molecule has 130 valence electrons.